The lowest BCUT2D eigenvalue weighted by atomic mass is 10.2. The van der Waals surface area contributed by atoms with E-state index < -0.39 is 0 Å². The molecule has 1 aromatic heterocycles. The van der Waals surface area contributed by atoms with Gasteiger partial charge in [0, 0.05) is 10.0 Å². The highest BCUT2D eigenvalue weighted by Gasteiger charge is 2.14. The zero-order chi connectivity index (χ0) is 14.0. The number of hydrogen-bond donors (Lipinski definition) is 1. The van der Waals surface area contributed by atoms with Crippen molar-refractivity contribution in [2.24, 2.45) is 0 Å². The molecule has 1 aromatic carbocycles. The number of benzene rings is 1. The van der Waals surface area contributed by atoms with E-state index in [1.807, 2.05) is 19.9 Å². The van der Waals surface area contributed by atoms with E-state index in [4.69, 9.17) is 5.73 Å². The average molecular weight is 326 g/mol. The van der Waals surface area contributed by atoms with Crippen LogP contribution in [0.15, 0.2) is 22.7 Å². The zero-order valence-electron chi connectivity index (χ0n) is 11.1. The second-order valence-corrected chi connectivity index (χ2v) is 5.32. The number of hydrogen-bond acceptors (Lipinski definition) is 2. The number of aryl methyl sites for hydroxylation is 1. The molecule has 3 nitrogen and oxygen atoms in total. The highest BCUT2D eigenvalue weighted by atomic mass is 79.9. The van der Waals surface area contributed by atoms with Crippen molar-refractivity contribution < 1.29 is 4.39 Å². The molecule has 0 radical (unpaired) electrons. The first-order chi connectivity index (χ1) is 9.06. The van der Waals surface area contributed by atoms with Crippen molar-refractivity contribution in [3.8, 4) is 0 Å². The molecular formula is C14H17BrFN3. The van der Waals surface area contributed by atoms with Gasteiger partial charge in [0.1, 0.15) is 5.82 Å². The van der Waals surface area contributed by atoms with Crippen LogP contribution in [0.1, 0.15) is 30.8 Å². The van der Waals surface area contributed by atoms with Gasteiger partial charge < -0.3 is 5.73 Å². The topological polar surface area (TPSA) is 43.8 Å². The lowest BCUT2D eigenvalue weighted by Crippen LogP contribution is -2.08. The number of rotatable bonds is 4. The van der Waals surface area contributed by atoms with Crippen LogP contribution in [0.5, 0.6) is 0 Å². The van der Waals surface area contributed by atoms with Gasteiger partial charge in [0.05, 0.1) is 23.6 Å². The molecule has 0 fully saturated rings. The molecular weight excluding hydrogens is 309 g/mol. The van der Waals surface area contributed by atoms with Gasteiger partial charge in [-0.3, -0.25) is 4.68 Å². The second-order valence-electron chi connectivity index (χ2n) is 4.41. The molecule has 0 amide bonds. The lowest BCUT2D eigenvalue weighted by Gasteiger charge is -2.08. The van der Waals surface area contributed by atoms with Gasteiger partial charge in [0.2, 0.25) is 0 Å². The number of nitrogens with two attached hydrogens (primary N) is 1. The van der Waals surface area contributed by atoms with Crippen LogP contribution in [-0.2, 0) is 19.4 Å². The van der Waals surface area contributed by atoms with Crippen LogP contribution < -0.4 is 5.73 Å². The van der Waals surface area contributed by atoms with Gasteiger partial charge in [0.25, 0.3) is 0 Å². The molecule has 0 aliphatic rings. The summed E-state index contributed by atoms with van der Waals surface area (Å²) in [5.41, 5.74) is 9.26. The van der Waals surface area contributed by atoms with Gasteiger partial charge in [-0.25, -0.2) is 4.39 Å². The van der Waals surface area contributed by atoms with E-state index in [2.05, 4.69) is 21.0 Å². The standard InChI is InChI=1S/C14H17BrFN3/c1-3-12-14(17)13(4-2)19(18-12)8-9-5-6-10(15)7-11(9)16/h5-7H,3-4,8,17H2,1-2H3. The van der Waals surface area contributed by atoms with Gasteiger partial charge in [-0.05, 0) is 25.0 Å². The Morgan fingerprint density at radius 1 is 1.32 bits per heavy atom. The van der Waals surface area contributed by atoms with Crippen molar-refractivity contribution in [3.63, 3.8) is 0 Å². The van der Waals surface area contributed by atoms with Crippen molar-refractivity contribution >= 4 is 21.6 Å². The molecule has 0 bridgehead atoms. The highest BCUT2D eigenvalue weighted by molar-refractivity contribution is 9.10. The Balaban J connectivity index is 2.37. The lowest BCUT2D eigenvalue weighted by molar-refractivity contribution is 0.573. The van der Waals surface area contributed by atoms with Crippen LogP contribution in [0, 0.1) is 5.82 Å². The maximum absolute atomic E-state index is 13.9. The molecule has 102 valence electrons. The third-order valence-electron chi connectivity index (χ3n) is 3.18. The highest BCUT2D eigenvalue weighted by Crippen LogP contribution is 2.21. The molecule has 0 aliphatic carbocycles. The van der Waals surface area contributed by atoms with Gasteiger partial charge in [-0.2, -0.15) is 5.10 Å². The van der Waals surface area contributed by atoms with E-state index in [1.165, 1.54) is 6.07 Å². The minimum Gasteiger partial charge on any atom is -0.396 e. The molecule has 5 heteroatoms. The van der Waals surface area contributed by atoms with Gasteiger partial charge in [-0.15, -0.1) is 0 Å². The van der Waals surface area contributed by atoms with Gasteiger partial charge in [-0.1, -0.05) is 35.8 Å². The fraction of sp³-hybridized carbons (Fsp3) is 0.357. The third-order valence-corrected chi connectivity index (χ3v) is 3.67. The summed E-state index contributed by atoms with van der Waals surface area (Å²) in [7, 11) is 0. The molecule has 0 unspecified atom stereocenters. The number of halogens is 2. The van der Waals surface area contributed by atoms with Crippen molar-refractivity contribution in [1.82, 2.24) is 9.78 Å². The van der Waals surface area contributed by atoms with Crippen molar-refractivity contribution in [2.45, 2.75) is 33.2 Å². The fourth-order valence-corrected chi connectivity index (χ4v) is 2.47. The van der Waals surface area contributed by atoms with E-state index in [0.717, 1.165) is 34.4 Å². The Kier molecular flexibility index (Phi) is 4.24. The summed E-state index contributed by atoms with van der Waals surface area (Å²) in [6.45, 7) is 4.45. The first-order valence-corrected chi connectivity index (χ1v) is 7.14. The normalized spacial score (nSPS) is 10.9. The fourth-order valence-electron chi connectivity index (χ4n) is 2.14. The van der Waals surface area contributed by atoms with Crippen LogP contribution in [0.25, 0.3) is 0 Å². The Hall–Kier alpha value is -1.36. The summed E-state index contributed by atoms with van der Waals surface area (Å²) in [6, 6.07) is 5.06. The number of nitrogen functional groups attached to an aromatic ring is 1. The molecule has 0 spiro atoms. The van der Waals surface area contributed by atoms with Gasteiger partial charge in [0.15, 0.2) is 0 Å². The monoisotopic (exact) mass is 325 g/mol. The summed E-state index contributed by atoms with van der Waals surface area (Å²) >= 11 is 3.25. The maximum atomic E-state index is 13.9. The van der Waals surface area contributed by atoms with Gasteiger partial charge >= 0.3 is 0 Å². The molecule has 0 aliphatic heterocycles. The summed E-state index contributed by atoms with van der Waals surface area (Å²) in [5.74, 6) is -0.233. The van der Waals surface area contributed by atoms with Crippen LogP contribution in [0.4, 0.5) is 10.1 Å². The predicted molar refractivity (Wildman–Crippen MR) is 78.6 cm³/mol. The van der Waals surface area contributed by atoms with Crippen molar-refractivity contribution in [3.05, 3.63) is 45.4 Å². The predicted octanol–water partition coefficient (Wildman–Crippen LogP) is 3.54. The molecule has 0 saturated carbocycles. The Morgan fingerprint density at radius 3 is 2.63 bits per heavy atom. The summed E-state index contributed by atoms with van der Waals surface area (Å²) in [6.07, 6.45) is 1.58. The Morgan fingerprint density at radius 2 is 2.05 bits per heavy atom. The summed E-state index contributed by atoms with van der Waals surface area (Å²) < 4.78 is 16.4. The second kappa shape index (κ2) is 5.74. The van der Waals surface area contributed by atoms with Crippen LogP contribution in [0.2, 0.25) is 0 Å². The Bertz CT molecular complexity index is 593. The first-order valence-electron chi connectivity index (χ1n) is 6.34. The molecule has 0 saturated heterocycles. The number of nitrogens with zero attached hydrogens (tertiary/aromatic N) is 2. The van der Waals surface area contributed by atoms with E-state index >= 15 is 0 Å². The zero-order valence-corrected chi connectivity index (χ0v) is 12.7. The number of aromatic nitrogens is 2. The van der Waals surface area contributed by atoms with E-state index in [0.29, 0.717) is 12.1 Å². The molecule has 2 rings (SSSR count). The van der Waals surface area contributed by atoms with Crippen LogP contribution in [-0.4, -0.2) is 9.78 Å². The van der Waals surface area contributed by atoms with Crippen LogP contribution in [0.3, 0.4) is 0 Å². The minimum atomic E-state index is -0.233. The van der Waals surface area contributed by atoms with E-state index in [1.54, 1.807) is 10.7 Å². The molecule has 2 aromatic rings. The maximum Gasteiger partial charge on any atom is 0.129 e. The first kappa shape index (κ1) is 14.1. The van der Waals surface area contributed by atoms with Crippen LogP contribution >= 0.6 is 15.9 Å². The number of anilines is 1. The Labute approximate surface area is 120 Å². The average Bonchev–Trinajstić information content (AvgIpc) is 2.68. The smallest absolute Gasteiger partial charge is 0.129 e. The summed E-state index contributed by atoms with van der Waals surface area (Å²) in [4.78, 5) is 0. The van der Waals surface area contributed by atoms with Crippen molar-refractivity contribution in [2.75, 3.05) is 5.73 Å². The quantitative estimate of drug-likeness (QED) is 0.934. The molecule has 0 atom stereocenters. The van der Waals surface area contributed by atoms with Crippen molar-refractivity contribution in [1.29, 1.82) is 0 Å². The minimum absolute atomic E-state index is 0.233. The summed E-state index contributed by atoms with van der Waals surface area (Å²) in [5, 5.41) is 4.47. The van der Waals surface area contributed by atoms with E-state index in [9.17, 15) is 4.39 Å². The van der Waals surface area contributed by atoms with E-state index in [-0.39, 0.29) is 5.82 Å². The largest absolute Gasteiger partial charge is 0.396 e. The third kappa shape index (κ3) is 2.81. The molecule has 19 heavy (non-hydrogen) atoms. The molecule has 2 N–H and O–H groups in total. The molecule has 1 heterocycles. The SMILES string of the molecule is CCc1nn(Cc2ccc(Br)cc2F)c(CC)c1N.